The molecular formula is C13H25NO2. The quantitative estimate of drug-likeness (QED) is 0.674. The van der Waals surface area contributed by atoms with Gasteiger partial charge < -0.3 is 10.2 Å². The number of likely N-dealkylation sites (tertiary alicyclic amines) is 1. The Kier molecular flexibility index (Phi) is 6.03. The summed E-state index contributed by atoms with van der Waals surface area (Å²) in [7, 11) is 0. The van der Waals surface area contributed by atoms with Crippen LogP contribution in [0.4, 0.5) is 0 Å². The van der Waals surface area contributed by atoms with Crippen molar-refractivity contribution in [3.63, 3.8) is 0 Å². The van der Waals surface area contributed by atoms with Gasteiger partial charge in [0, 0.05) is 12.6 Å². The standard InChI is InChI=1S/C13H25NO2/c1-3-4-7-12(16)9-14-8-5-6-11(2)13(14)10-15/h3,11-13,15-16H,1,4-10H2,2H3/t11-,12+,13-/m1/s1. The molecule has 1 aliphatic rings. The third-order valence-corrected chi connectivity index (χ3v) is 3.57. The van der Waals surface area contributed by atoms with E-state index in [1.54, 1.807) is 0 Å². The molecule has 0 unspecified atom stereocenters. The second-order valence-corrected chi connectivity index (χ2v) is 4.88. The Morgan fingerprint density at radius 1 is 1.56 bits per heavy atom. The van der Waals surface area contributed by atoms with Crippen LogP contribution in [0.15, 0.2) is 12.7 Å². The van der Waals surface area contributed by atoms with Crippen LogP contribution in [-0.2, 0) is 0 Å². The lowest BCUT2D eigenvalue weighted by molar-refractivity contribution is 0.0153. The van der Waals surface area contributed by atoms with Crippen LogP contribution in [0.2, 0.25) is 0 Å². The summed E-state index contributed by atoms with van der Waals surface area (Å²) in [4.78, 5) is 2.24. The summed E-state index contributed by atoms with van der Waals surface area (Å²) in [5.41, 5.74) is 0. The molecule has 0 aromatic heterocycles. The first kappa shape index (κ1) is 13.7. The van der Waals surface area contributed by atoms with E-state index in [9.17, 15) is 10.2 Å². The van der Waals surface area contributed by atoms with Gasteiger partial charge in [0.15, 0.2) is 0 Å². The topological polar surface area (TPSA) is 43.7 Å². The van der Waals surface area contributed by atoms with Gasteiger partial charge in [0.2, 0.25) is 0 Å². The number of nitrogens with zero attached hydrogens (tertiary/aromatic N) is 1. The van der Waals surface area contributed by atoms with Gasteiger partial charge in [0.05, 0.1) is 12.7 Å². The first-order valence-electron chi connectivity index (χ1n) is 6.33. The van der Waals surface area contributed by atoms with Gasteiger partial charge in [-0.3, -0.25) is 4.90 Å². The Labute approximate surface area is 98.8 Å². The zero-order valence-electron chi connectivity index (χ0n) is 10.3. The minimum absolute atomic E-state index is 0.204. The van der Waals surface area contributed by atoms with E-state index in [1.165, 1.54) is 12.8 Å². The average Bonchev–Trinajstić information content (AvgIpc) is 2.27. The van der Waals surface area contributed by atoms with Gasteiger partial charge in [-0.2, -0.15) is 0 Å². The molecule has 3 heteroatoms. The number of hydrogen-bond donors (Lipinski definition) is 2. The maximum atomic E-state index is 9.86. The molecule has 1 rings (SSSR count). The van der Waals surface area contributed by atoms with Crippen molar-refractivity contribution in [3.8, 4) is 0 Å². The van der Waals surface area contributed by atoms with E-state index in [-0.39, 0.29) is 18.8 Å². The molecule has 0 amide bonds. The Bertz CT molecular complexity index is 208. The lowest BCUT2D eigenvalue weighted by atomic mass is 9.91. The highest BCUT2D eigenvalue weighted by Crippen LogP contribution is 2.23. The maximum absolute atomic E-state index is 9.86. The number of aliphatic hydroxyl groups excluding tert-OH is 2. The van der Waals surface area contributed by atoms with Crippen molar-refractivity contribution in [2.45, 2.75) is 44.8 Å². The molecule has 0 radical (unpaired) electrons. The highest BCUT2D eigenvalue weighted by Gasteiger charge is 2.28. The molecular weight excluding hydrogens is 202 g/mol. The molecule has 3 nitrogen and oxygen atoms in total. The summed E-state index contributed by atoms with van der Waals surface area (Å²) in [6, 6.07) is 0.229. The third-order valence-electron chi connectivity index (χ3n) is 3.57. The van der Waals surface area contributed by atoms with Crippen LogP contribution in [0.5, 0.6) is 0 Å². The number of β-amino-alcohol motifs (C(OH)–C–C–N with tert-alkyl or cyclic N) is 1. The molecule has 0 aliphatic carbocycles. The van der Waals surface area contributed by atoms with Gasteiger partial charge in [0.1, 0.15) is 0 Å². The molecule has 1 heterocycles. The second-order valence-electron chi connectivity index (χ2n) is 4.88. The summed E-state index contributed by atoms with van der Waals surface area (Å²) in [6.07, 6.45) is 5.53. The van der Waals surface area contributed by atoms with E-state index in [2.05, 4.69) is 18.4 Å². The van der Waals surface area contributed by atoms with Gasteiger partial charge in [-0.05, 0) is 38.1 Å². The molecule has 2 N–H and O–H groups in total. The molecule has 16 heavy (non-hydrogen) atoms. The highest BCUT2D eigenvalue weighted by atomic mass is 16.3. The normalized spacial score (nSPS) is 28.9. The fourth-order valence-electron chi connectivity index (χ4n) is 2.53. The Morgan fingerprint density at radius 3 is 2.94 bits per heavy atom. The zero-order chi connectivity index (χ0) is 12.0. The van der Waals surface area contributed by atoms with Crippen molar-refractivity contribution in [2.75, 3.05) is 19.7 Å². The van der Waals surface area contributed by atoms with Crippen LogP contribution in [0.1, 0.15) is 32.6 Å². The number of piperidine rings is 1. The summed E-state index contributed by atoms with van der Waals surface area (Å²) in [6.45, 7) is 7.73. The number of allylic oxidation sites excluding steroid dienone is 1. The number of rotatable bonds is 6. The summed E-state index contributed by atoms with van der Waals surface area (Å²) >= 11 is 0. The third kappa shape index (κ3) is 3.89. The van der Waals surface area contributed by atoms with E-state index < -0.39 is 0 Å². The monoisotopic (exact) mass is 227 g/mol. The van der Waals surface area contributed by atoms with Gasteiger partial charge in [0.25, 0.3) is 0 Å². The SMILES string of the molecule is C=CCC[C@H](O)CN1CCC[C@@H](C)[C@H]1CO. The Balaban J connectivity index is 2.40. The van der Waals surface area contributed by atoms with Crippen LogP contribution in [0, 0.1) is 5.92 Å². The summed E-state index contributed by atoms with van der Waals surface area (Å²) in [5, 5.41) is 19.2. The van der Waals surface area contributed by atoms with Crippen LogP contribution in [-0.4, -0.2) is 47.0 Å². The van der Waals surface area contributed by atoms with E-state index in [0.29, 0.717) is 12.5 Å². The molecule has 0 aromatic carbocycles. The predicted molar refractivity (Wildman–Crippen MR) is 66.3 cm³/mol. The molecule has 0 aromatic rings. The van der Waals surface area contributed by atoms with E-state index in [1.807, 2.05) is 6.08 Å². The van der Waals surface area contributed by atoms with Crippen LogP contribution in [0.3, 0.4) is 0 Å². The van der Waals surface area contributed by atoms with Gasteiger partial charge in [-0.1, -0.05) is 13.0 Å². The minimum atomic E-state index is -0.294. The summed E-state index contributed by atoms with van der Waals surface area (Å²) in [5.74, 6) is 0.533. The van der Waals surface area contributed by atoms with E-state index in [0.717, 1.165) is 19.4 Å². The van der Waals surface area contributed by atoms with Crippen molar-refractivity contribution < 1.29 is 10.2 Å². The number of hydrogen-bond acceptors (Lipinski definition) is 3. The fraction of sp³-hybridized carbons (Fsp3) is 0.846. The highest BCUT2D eigenvalue weighted by molar-refractivity contribution is 4.83. The molecule has 1 saturated heterocycles. The molecule has 0 saturated carbocycles. The molecule has 0 bridgehead atoms. The van der Waals surface area contributed by atoms with E-state index >= 15 is 0 Å². The molecule has 1 fully saturated rings. The van der Waals surface area contributed by atoms with Crippen molar-refractivity contribution in [2.24, 2.45) is 5.92 Å². The molecule has 94 valence electrons. The molecule has 0 spiro atoms. The van der Waals surface area contributed by atoms with E-state index in [4.69, 9.17) is 0 Å². The summed E-state index contributed by atoms with van der Waals surface area (Å²) < 4.78 is 0. The van der Waals surface area contributed by atoms with Crippen LogP contribution >= 0.6 is 0 Å². The van der Waals surface area contributed by atoms with Crippen molar-refractivity contribution in [1.29, 1.82) is 0 Å². The first-order valence-corrected chi connectivity index (χ1v) is 6.33. The molecule has 1 aliphatic heterocycles. The predicted octanol–water partition coefficient (Wildman–Crippen LogP) is 1.41. The Hall–Kier alpha value is -0.380. The lowest BCUT2D eigenvalue weighted by Gasteiger charge is -2.39. The first-order chi connectivity index (χ1) is 7.69. The van der Waals surface area contributed by atoms with Crippen LogP contribution < -0.4 is 0 Å². The number of aliphatic hydroxyl groups is 2. The maximum Gasteiger partial charge on any atom is 0.0670 e. The van der Waals surface area contributed by atoms with Crippen LogP contribution in [0.25, 0.3) is 0 Å². The largest absolute Gasteiger partial charge is 0.395 e. The molecule has 3 atom stereocenters. The lowest BCUT2D eigenvalue weighted by Crippen LogP contribution is -2.49. The fourth-order valence-corrected chi connectivity index (χ4v) is 2.53. The average molecular weight is 227 g/mol. The second kappa shape index (κ2) is 7.05. The van der Waals surface area contributed by atoms with Gasteiger partial charge in [-0.15, -0.1) is 6.58 Å². The Morgan fingerprint density at radius 2 is 2.31 bits per heavy atom. The zero-order valence-corrected chi connectivity index (χ0v) is 10.3. The van der Waals surface area contributed by atoms with Crippen molar-refractivity contribution >= 4 is 0 Å². The smallest absolute Gasteiger partial charge is 0.0670 e. The van der Waals surface area contributed by atoms with Gasteiger partial charge >= 0.3 is 0 Å². The minimum Gasteiger partial charge on any atom is -0.395 e. The van der Waals surface area contributed by atoms with Gasteiger partial charge in [-0.25, -0.2) is 0 Å². The van der Waals surface area contributed by atoms with Crippen molar-refractivity contribution in [3.05, 3.63) is 12.7 Å². The van der Waals surface area contributed by atoms with Crippen molar-refractivity contribution in [1.82, 2.24) is 4.90 Å².